The molecule has 132 valence electrons. The summed E-state index contributed by atoms with van der Waals surface area (Å²) in [5.41, 5.74) is 4.11. The number of halogens is 2. The van der Waals surface area contributed by atoms with Crippen molar-refractivity contribution in [2.45, 2.75) is 32.1 Å². The molecule has 0 aliphatic heterocycles. The number of carbonyl (C=O) groups is 1. The van der Waals surface area contributed by atoms with Crippen LogP contribution in [-0.2, 0) is 17.6 Å². The van der Waals surface area contributed by atoms with Crippen LogP contribution in [0.2, 0.25) is 5.02 Å². The van der Waals surface area contributed by atoms with Crippen LogP contribution in [-0.4, -0.2) is 21.0 Å². The molecule has 1 heterocycles. The van der Waals surface area contributed by atoms with Crippen LogP contribution in [0.5, 0.6) is 0 Å². The molecule has 0 aliphatic rings. The van der Waals surface area contributed by atoms with Crippen molar-refractivity contribution in [2.24, 2.45) is 0 Å². The summed E-state index contributed by atoms with van der Waals surface area (Å²) < 4.78 is 0. The van der Waals surface area contributed by atoms with Gasteiger partial charge in [0.2, 0.25) is 0 Å². The van der Waals surface area contributed by atoms with Crippen molar-refractivity contribution in [1.82, 2.24) is 9.97 Å². The molecular formula is C19H20Cl2N2O2. The molecule has 3 aromatic rings. The second kappa shape index (κ2) is 8.37. The van der Waals surface area contributed by atoms with Crippen molar-refractivity contribution in [3.05, 3.63) is 64.4 Å². The number of nitrogens with one attached hydrogen (secondary N) is 1. The number of carboxylic acid groups (broad SMARTS) is 1. The Morgan fingerprint density at radius 1 is 1.24 bits per heavy atom. The van der Waals surface area contributed by atoms with Gasteiger partial charge in [-0.05, 0) is 41.8 Å². The summed E-state index contributed by atoms with van der Waals surface area (Å²) in [5, 5.41) is 9.87. The summed E-state index contributed by atoms with van der Waals surface area (Å²) in [7, 11) is 0. The molecule has 0 saturated carbocycles. The zero-order valence-corrected chi connectivity index (χ0v) is 15.4. The first-order valence-corrected chi connectivity index (χ1v) is 8.37. The number of aryl methyl sites for hydroxylation is 1. The lowest BCUT2D eigenvalue weighted by atomic mass is 9.92. The molecule has 0 amide bonds. The van der Waals surface area contributed by atoms with Gasteiger partial charge in [0.1, 0.15) is 5.82 Å². The Balaban J connectivity index is 0.00000225. The van der Waals surface area contributed by atoms with Crippen molar-refractivity contribution in [2.75, 3.05) is 0 Å². The van der Waals surface area contributed by atoms with Gasteiger partial charge in [-0.2, -0.15) is 0 Å². The van der Waals surface area contributed by atoms with E-state index >= 15 is 0 Å². The van der Waals surface area contributed by atoms with Crippen molar-refractivity contribution >= 4 is 41.0 Å². The van der Waals surface area contributed by atoms with Crippen molar-refractivity contribution in [1.29, 1.82) is 0 Å². The van der Waals surface area contributed by atoms with E-state index in [0.29, 0.717) is 11.4 Å². The van der Waals surface area contributed by atoms with Crippen LogP contribution < -0.4 is 0 Å². The Labute approximate surface area is 157 Å². The van der Waals surface area contributed by atoms with Gasteiger partial charge in [-0.25, -0.2) is 4.98 Å². The van der Waals surface area contributed by atoms with E-state index in [4.69, 9.17) is 11.6 Å². The molecule has 0 bridgehead atoms. The molecule has 0 aliphatic carbocycles. The van der Waals surface area contributed by atoms with Gasteiger partial charge in [-0.15, -0.1) is 12.4 Å². The molecule has 0 saturated heterocycles. The monoisotopic (exact) mass is 378 g/mol. The van der Waals surface area contributed by atoms with Gasteiger partial charge in [-0.1, -0.05) is 36.7 Å². The summed E-state index contributed by atoms with van der Waals surface area (Å²) in [5.74, 6) is -0.162. The maximum atomic E-state index is 11.2. The third-order valence-corrected chi connectivity index (χ3v) is 4.46. The largest absolute Gasteiger partial charge is 0.481 e. The normalized spacial score (nSPS) is 11.9. The van der Waals surface area contributed by atoms with E-state index in [1.165, 1.54) is 5.56 Å². The Kier molecular flexibility index (Phi) is 6.45. The van der Waals surface area contributed by atoms with Crippen molar-refractivity contribution < 1.29 is 9.90 Å². The third-order valence-electron chi connectivity index (χ3n) is 4.21. The van der Waals surface area contributed by atoms with Crippen LogP contribution >= 0.6 is 24.0 Å². The minimum Gasteiger partial charge on any atom is -0.481 e. The van der Waals surface area contributed by atoms with Crippen LogP contribution in [0.25, 0.3) is 11.0 Å². The highest BCUT2D eigenvalue weighted by Gasteiger charge is 2.18. The maximum absolute atomic E-state index is 11.2. The number of H-pyrrole nitrogens is 1. The molecule has 3 rings (SSSR count). The van der Waals surface area contributed by atoms with Crippen molar-refractivity contribution in [3.63, 3.8) is 0 Å². The molecule has 2 aromatic carbocycles. The number of hydrogen-bond donors (Lipinski definition) is 2. The lowest BCUT2D eigenvalue weighted by Crippen LogP contribution is -2.10. The lowest BCUT2D eigenvalue weighted by Gasteiger charge is -2.14. The van der Waals surface area contributed by atoms with Crippen LogP contribution in [0, 0.1) is 0 Å². The Hall–Kier alpha value is -2.04. The highest BCUT2D eigenvalue weighted by molar-refractivity contribution is 6.30. The highest BCUT2D eigenvalue weighted by atomic mass is 35.5. The summed E-state index contributed by atoms with van der Waals surface area (Å²) in [6.45, 7) is 2.11. The molecule has 2 N–H and O–H groups in total. The van der Waals surface area contributed by atoms with Crippen LogP contribution in [0.3, 0.4) is 0 Å². The Bertz CT molecular complexity index is 859. The molecule has 25 heavy (non-hydrogen) atoms. The lowest BCUT2D eigenvalue weighted by molar-refractivity contribution is -0.137. The molecule has 0 radical (unpaired) electrons. The van der Waals surface area contributed by atoms with Crippen LogP contribution in [0.1, 0.15) is 36.2 Å². The van der Waals surface area contributed by atoms with Crippen LogP contribution in [0.4, 0.5) is 0 Å². The van der Waals surface area contributed by atoms with Crippen molar-refractivity contribution in [3.8, 4) is 0 Å². The van der Waals surface area contributed by atoms with E-state index in [1.54, 1.807) is 12.1 Å². The number of aromatic nitrogens is 2. The first-order valence-electron chi connectivity index (χ1n) is 8.00. The quantitative estimate of drug-likeness (QED) is 0.633. The number of aliphatic carboxylic acids is 1. The fraction of sp³-hybridized carbons (Fsp3) is 0.263. The summed E-state index contributed by atoms with van der Waals surface area (Å²) >= 11 is 5.93. The fourth-order valence-electron chi connectivity index (χ4n) is 2.91. The molecule has 0 spiro atoms. The van der Waals surface area contributed by atoms with E-state index in [9.17, 15) is 9.90 Å². The Morgan fingerprint density at radius 2 is 1.96 bits per heavy atom. The van der Waals surface area contributed by atoms with Gasteiger partial charge < -0.3 is 10.1 Å². The second-order valence-corrected chi connectivity index (χ2v) is 6.38. The number of fused-ring (bicyclic) bond motifs is 1. The standard InChI is InChI=1S/C19H19ClN2O2.ClH/c1-2-12-3-8-16-17(9-12)22-18(21-16)10-14(11-19(23)24)13-4-6-15(20)7-5-13;/h3-9,14H,2,10-11H2,1H3,(H,21,22)(H,23,24);1H. The average molecular weight is 379 g/mol. The molecule has 0 fully saturated rings. The maximum Gasteiger partial charge on any atom is 0.303 e. The third kappa shape index (κ3) is 4.74. The fourth-order valence-corrected chi connectivity index (χ4v) is 3.04. The minimum atomic E-state index is -0.820. The SMILES string of the molecule is CCc1ccc2nc(CC(CC(=O)O)c3ccc(Cl)cc3)[nH]c2c1.Cl. The summed E-state index contributed by atoms with van der Waals surface area (Å²) in [4.78, 5) is 19.2. The number of aromatic amines is 1. The van der Waals surface area contributed by atoms with Gasteiger partial charge in [0, 0.05) is 17.4 Å². The van der Waals surface area contributed by atoms with Gasteiger partial charge in [0.15, 0.2) is 0 Å². The zero-order valence-electron chi connectivity index (χ0n) is 13.8. The summed E-state index contributed by atoms with van der Waals surface area (Å²) in [6, 6.07) is 13.5. The highest BCUT2D eigenvalue weighted by Crippen LogP contribution is 2.26. The van der Waals surface area contributed by atoms with Gasteiger partial charge in [-0.3, -0.25) is 4.79 Å². The molecule has 1 unspecified atom stereocenters. The van der Waals surface area contributed by atoms with Gasteiger partial charge >= 0.3 is 5.97 Å². The predicted molar refractivity (Wildman–Crippen MR) is 103 cm³/mol. The number of rotatable bonds is 6. The Morgan fingerprint density at radius 3 is 2.60 bits per heavy atom. The summed E-state index contributed by atoms with van der Waals surface area (Å²) in [6.07, 6.45) is 1.57. The van der Waals surface area contributed by atoms with E-state index in [-0.39, 0.29) is 24.7 Å². The first-order chi connectivity index (χ1) is 11.5. The van der Waals surface area contributed by atoms with E-state index in [1.807, 2.05) is 18.2 Å². The first kappa shape index (κ1) is 19.3. The number of imidazole rings is 1. The van der Waals surface area contributed by atoms with Crippen LogP contribution in [0.15, 0.2) is 42.5 Å². The van der Waals surface area contributed by atoms with E-state index < -0.39 is 5.97 Å². The number of carboxylic acids is 1. The number of benzene rings is 2. The minimum absolute atomic E-state index is 0. The van der Waals surface area contributed by atoms with E-state index in [2.05, 4.69) is 29.0 Å². The predicted octanol–water partition coefficient (Wildman–Crippen LogP) is 5.00. The van der Waals surface area contributed by atoms with E-state index in [0.717, 1.165) is 28.8 Å². The topological polar surface area (TPSA) is 66.0 Å². The molecular weight excluding hydrogens is 359 g/mol. The molecule has 6 heteroatoms. The van der Waals surface area contributed by atoms with Gasteiger partial charge in [0.25, 0.3) is 0 Å². The molecule has 1 aromatic heterocycles. The molecule has 4 nitrogen and oxygen atoms in total. The number of hydrogen-bond acceptors (Lipinski definition) is 2. The zero-order chi connectivity index (χ0) is 17.1. The number of nitrogens with zero attached hydrogens (tertiary/aromatic N) is 1. The second-order valence-electron chi connectivity index (χ2n) is 5.94. The smallest absolute Gasteiger partial charge is 0.303 e. The molecule has 1 atom stereocenters. The average Bonchev–Trinajstić information content (AvgIpc) is 2.95. The van der Waals surface area contributed by atoms with Gasteiger partial charge in [0.05, 0.1) is 17.5 Å².